The fourth-order valence-corrected chi connectivity index (χ4v) is 10.3. The zero-order valence-corrected chi connectivity index (χ0v) is 28.6. The van der Waals surface area contributed by atoms with Crippen molar-refractivity contribution in [2.45, 2.75) is 174 Å². The van der Waals surface area contributed by atoms with Crippen molar-refractivity contribution < 1.29 is 39.4 Å². The lowest BCUT2D eigenvalue weighted by Crippen LogP contribution is -2.59. The molecule has 0 aromatic heterocycles. The zero-order chi connectivity index (χ0) is 32.6. The molecule has 0 amide bonds. The summed E-state index contributed by atoms with van der Waals surface area (Å²) in [7, 11) is 0. The second-order valence-corrected chi connectivity index (χ2v) is 17.0. The predicted molar refractivity (Wildman–Crippen MR) is 168 cm³/mol. The minimum absolute atomic E-state index is 0.0316. The van der Waals surface area contributed by atoms with Gasteiger partial charge in [0.2, 0.25) is 0 Å². The Labute approximate surface area is 264 Å². The topological polar surface area (TPSA) is 126 Å². The molecule has 0 bridgehead atoms. The van der Waals surface area contributed by atoms with Crippen molar-refractivity contribution >= 4 is 5.78 Å². The van der Waals surface area contributed by atoms with Gasteiger partial charge in [0.1, 0.15) is 23.9 Å². The van der Waals surface area contributed by atoms with Gasteiger partial charge in [-0.15, -0.1) is 0 Å². The van der Waals surface area contributed by atoms with Crippen LogP contribution in [0.4, 0.5) is 0 Å². The summed E-state index contributed by atoms with van der Waals surface area (Å²) in [6, 6.07) is 0. The second-order valence-electron chi connectivity index (χ2n) is 17.0. The van der Waals surface area contributed by atoms with Gasteiger partial charge >= 0.3 is 0 Å². The average molecular weight is 621 g/mol. The molecule has 5 aliphatic rings. The summed E-state index contributed by atoms with van der Waals surface area (Å²) >= 11 is 0. The lowest BCUT2D eigenvalue weighted by molar-refractivity contribution is -0.323. The first-order valence-corrected chi connectivity index (χ1v) is 17.3. The highest BCUT2D eigenvalue weighted by Gasteiger charge is 2.58. The first kappa shape index (κ1) is 34.5. The molecule has 0 aromatic rings. The van der Waals surface area contributed by atoms with E-state index in [1.54, 1.807) is 6.92 Å². The summed E-state index contributed by atoms with van der Waals surface area (Å²) < 4.78 is 19.0. The SMILES string of the molecule is CC1CC[C@@H]2[C@@H](CC[C@@]2(C)OC2O[C@@H](C)[C@H](O)[C@@H](O)C2O)C(C)(C)/C1=C\C[C@H]1[C@@](C)(O)CCC2OC(C)(C)C(=O)CC[C@@]21C. The monoisotopic (exact) mass is 620 g/mol. The van der Waals surface area contributed by atoms with E-state index in [2.05, 4.69) is 40.7 Å². The van der Waals surface area contributed by atoms with Crippen LogP contribution >= 0.6 is 0 Å². The molecule has 8 heteroatoms. The third-order valence-electron chi connectivity index (χ3n) is 13.3. The van der Waals surface area contributed by atoms with E-state index in [-0.39, 0.29) is 34.6 Å². The fourth-order valence-electron chi connectivity index (χ4n) is 10.3. The highest BCUT2D eigenvalue weighted by molar-refractivity contribution is 5.86. The van der Waals surface area contributed by atoms with Crippen LogP contribution in [0.2, 0.25) is 0 Å². The fraction of sp³-hybridized carbons (Fsp3) is 0.917. The molecular formula is C36H60O8. The Morgan fingerprint density at radius 2 is 1.55 bits per heavy atom. The maximum atomic E-state index is 13.0. The molecule has 5 fully saturated rings. The van der Waals surface area contributed by atoms with Crippen molar-refractivity contribution in [1.29, 1.82) is 0 Å². The van der Waals surface area contributed by atoms with Crippen LogP contribution in [0, 0.1) is 34.5 Å². The lowest BCUT2D eigenvalue weighted by atomic mass is 9.56. The van der Waals surface area contributed by atoms with Crippen molar-refractivity contribution in [3.63, 3.8) is 0 Å². The Morgan fingerprint density at radius 1 is 0.864 bits per heavy atom. The summed E-state index contributed by atoms with van der Waals surface area (Å²) in [6.07, 6.45) is 4.10. The van der Waals surface area contributed by atoms with E-state index < -0.39 is 47.5 Å². The van der Waals surface area contributed by atoms with Gasteiger partial charge in [-0.1, -0.05) is 39.3 Å². The van der Waals surface area contributed by atoms with E-state index >= 15 is 0 Å². The number of rotatable bonds is 4. The molecule has 2 aliphatic heterocycles. The molecule has 4 unspecified atom stereocenters. The number of aliphatic hydroxyl groups excluding tert-OH is 3. The van der Waals surface area contributed by atoms with Crippen molar-refractivity contribution in [2.24, 2.45) is 34.5 Å². The Hall–Kier alpha value is -0.870. The number of fused-ring (bicyclic) bond motifs is 2. The van der Waals surface area contributed by atoms with Crippen LogP contribution < -0.4 is 0 Å². The molecule has 5 rings (SSSR count). The van der Waals surface area contributed by atoms with Gasteiger partial charge in [-0.25, -0.2) is 0 Å². The molecule has 0 radical (unpaired) electrons. The molecule has 3 saturated carbocycles. The lowest BCUT2D eigenvalue weighted by Gasteiger charge is -2.54. The molecule has 0 spiro atoms. The molecule has 13 atom stereocenters. The van der Waals surface area contributed by atoms with Gasteiger partial charge in [-0.05, 0) is 115 Å². The van der Waals surface area contributed by atoms with E-state index in [4.69, 9.17) is 14.2 Å². The van der Waals surface area contributed by atoms with Gasteiger partial charge in [0.05, 0.1) is 23.4 Å². The quantitative estimate of drug-likeness (QED) is 0.321. The highest BCUT2D eigenvalue weighted by Crippen LogP contribution is 2.60. The number of carbonyl (C=O) groups excluding carboxylic acids is 1. The van der Waals surface area contributed by atoms with E-state index in [0.29, 0.717) is 24.7 Å². The zero-order valence-electron chi connectivity index (χ0n) is 28.6. The summed E-state index contributed by atoms with van der Waals surface area (Å²) in [5.41, 5.74) is -1.17. The molecule has 0 aromatic carbocycles. The Morgan fingerprint density at radius 3 is 2.23 bits per heavy atom. The van der Waals surface area contributed by atoms with Gasteiger partial charge in [0.25, 0.3) is 0 Å². The maximum absolute atomic E-state index is 13.0. The molecular weight excluding hydrogens is 560 g/mol. The van der Waals surface area contributed by atoms with Crippen molar-refractivity contribution in [3.05, 3.63) is 11.6 Å². The molecule has 2 heterocycles. The molecule has 8 nitrogen and oxygen atoms in total. The first-order chi connectivity index (χ1) is 20.2. The number of hydrogen-bond acceptors (Lipinski definition) is 8. The maximum Gasteiger partial charge on any atom is 0.187 e. The summed E-state index contributed by atoms with van der Waals surface area (Å²) in [5.74, 6) is 1.07. The van der Waals surface area contributed by atoms with Crippen LogP contribution in [0.3, 0.4) is 0 Å². The number of Topliss-reactive ketones (excluding diaryl/α,β-unsaturated/α-hetero) is 1. The van der Waals surface area contributed by atoms with Crippen LogP contribution in [0.1, 0.15) is 120 Å². The summed E-state index contributed by atoms with van der Waals surface area (Å²) in [5, 5.41) is 43.1. The van der Waals surface area contributed by atoms with Gasteiger partial charge in [0, 0.05) is 11.8 Å². The second kappa shape index (κ2) is 11.7. The number of ether oxygens (including phenoxy) is 3. The smallest absolute Gasteiger partial charge is 0.187 e. The van der Waals surface area contributed by atoms with Crippen molar-refractivity contribution in [2.75, 3.05) is 0 Å². The van der Waals surface area contributed by atoms with Crippen LogP contribution in [0.25, 0.3) is 0 Å². The standard InChI is InChI=1S/C36H60O8/c1-20-10-11-24-23(14-19-36(24,9)44-31-30(40)29(39)28(38)21(2)42-31)32(3,4)22(20)12-13-25-34(7)17-15-26(37)33(5,6)43-27(34)16-18-35(25,8)41/h12,20-21,23-25,27-31,38-41H,10-11,13-19H2,1-9H3/b22-12-/t20?,21-,23+,24+,25+,27?,28-,29+,30?,31?,34+,35-,36+/m0/s1. The van der Waals surface area contributed by atoms with Crippen LogP contribution in [-0.4, -0.2) is 79.8 Å². The van der Waals surface area contributed by atoms with E-state index in [1.165, 1.54) is 5.57 Å². The van der Waals surface area contributed by atoms with Crippen molar-refractivity contribution in [3.8, 4) is 0 Å². The summed E-state index contributed by atoms with van der Waals surface area (Å²) in [4.78, 5) is 13.0. The third kappa shape index (κ3) is 5.77. The number of allylic oxidation sites excluding steroid dienone is 2. The van der Waals surface area contributed by atoms with Gasteiger partial charge in [0.15, 0.2) is 12.1 Å². The molecule has 3 aliphatic carbocycles. The van der Waals surface area contributed by atoms with Crippen molar-refractivity contribution in [1.82, 2.24) is 0 Å². The van der Waals surface area contributed by atoms with Crippen LogP contribution in [0.5, 0.6) is 0 Å². The van der Waals surface area contributed by atoms with E-state index in [9.17, 15) is 25.2 Å². The highest BCUT2D eigenvalue weighted by atomic mass is 16.7. The number of ketones is 1. The predicted octanol–water partition coefficient (Wildman–Crippen LogP) is 5.08. The molecule has 44 heavy (non-hydrogen) atoms. The average Bonchev–Trinajstić information content (AvgIpc) is 3.18. The largest absolute Gasteiger partial charge is 0.390 e. The van der Waals surface area contributed by atoms with Crippen LogP contribution in [0.15, 0.2) is 11.6 Å². The number of hydrogen-bond donors (Lipinski definition) is 4. The van der Waals surface area contributed by atoms with Gasteiger partial charge in [-0.3, -0.25) is 4.79 Å². The summed E-state index contributed by atoms with van der Waals surface area (Å²) in [6.45, 7) is 18.8. The minimum Gasteiger partial charge on any atom is -0.390 e. The van der Waals surface area contributed by atoms with Gasteiger partial charge < -0.3 is 34.6 Å². The Kier molecular flexibility index (Phi) is 9.15. The molecule has 252 valence electrons. The Bertz CT molecular complexity index is 1110. The van der Waals surface area contributed by atoms with Gasteiger partial charge in [-0.2, -0.15) is 0 Å². The number of carbonyl (C=O) groups is 1. The van der Waals surface area contributed by atoms with E-state index in [0.717, 1.165) is 44.9 Å². The molecule has 2 saturated heterocycles. The van der Waals surface area contributed by atoms with Crippen LogP contribution in [-0.2, 0) is 19.0 Å². The molecule has 4 N–H and O–H groups in total. The normalized spacial score (nSPS) is 51.8. The minimum atomic E-state index is -1.31. The van der Waals surface area contributed by atoms with E-state index in [1.807, 2.05) is 20.8 Å². The third-order valence-corrected chi connectivity index (χ3v) is 13.3. The first-order valence-electron chi connectivity index (χ1n) is 17.3. The number of aliphatic hydroxyl groups is 4. The Balaban J connectivity index is 1.39.